The fraction of sp³-hybridized carbons (Fsp3) is 0.571. The van der Waals surface area contributed by atoms with Gasteiger partial charge in [-0.05, 0) is 43.5 Å². The fourth-order valence-corrected chi connectivity index (χ4v) is 2.20. The highest BCUT2D eigenvalue weighted by atomic mass is 16.5. The summed E-state index contributed by atoms with van der Waals surface area (Å²) in [5, 5.41) is 3.49. The van der Waals surface area contributed by atoms with Crippen LogP contribution in [0.25, 0.3) is 0 Å². The Bertz CT molecular complexity index is 359. The zero-order valence-electron chi connectivity index (χ0n) is 10.7. The number of hydrogen-bond donors (Lipinski definition) is 1. The van der Waals surface area contributed by atoms with Gasteiger partial charge in [0, 0.05) is 6.04 Å². The Balaban J connectivity index is 2.14. The van der Waals surface area contributed by atoms with Gasteiger partial charge < -0.3 is 14.8 Å². The van der Waals surface area contributed by atoms with Crippen LogP contribution in [-0.2, 0) is 0 Å². The van der Waals surface area contributed by atoms with Crippen molar-refractivity contribution in [1.82, 2.24) is 5.32 Å². The number of benzene rings is 1. The molecule has 0 saturated carbocycles. The molecule has 0 bridgehead atoms. The lowest BCUT2D eigenvalue weighted by Gasteiger charge is -2.15. The number of ether oxygens (including phenoxy) is 2. The van der Waals surface area contributed by atoms with Crippen LogP contribution in [-0.4, -0.2) is 20.3 Å². The smallest absolute Gasteiger partial charge is 0.161 e. The molecule has 0 aromatic heterocycles. The number of hydrogen-bond acceptors (Lipinski definition) is 3. The molecule has 1 aliphatic heterocycles. The van der Waals surface area contributed by atoms with E-state index >= 15 is 0 Å². The lowest BCUT2D eigenvalue weighted by atomic mass is 10.0. The SMILES string of the molecule is CCCOc1ccc([C@@H]2CCCN2)cc1OC. The summed E-state index contributed by atoms with van der Waals surface area (Å²) in [6.07, 6.45) is 3.47. The van der Waals surface area contributed by atoms with Crippen molar-refractivity contribution >= 4 is 0 Å². The van der Waals surface area contributed by atoms with E-state index in [9.17, 15) is 0 Å². The lowest BCUT2D eigenvalue weighted by molar-refractivity contribution is 0.294. The van der Waals surface area contributed by atoms with Gasteiger partial charge >= 0.3 is 0 Å². The predicted octanol–water partition coefficient (Wildman–Crippen LogP) is 2.91. The Morgan fingerprint density at radius 3 is 2.88 bits per heavy atom. The van der Waals surface area contributed by atoms with Crippen LogP contribution in [0.5, 0.6) is 11.5 Å². The minimum Gasteiger partial charge on any atom is -0.493 e. The van der Waals surface area contributed by atoms with Crippen LogP contribution in [0.1, 0.15) is 37.8 Å². The summed E-state index contributed by atoms with van der Waals surface area (Å²) in [7, 11) is 1.69. The molecule has 1 saturated heterocycles. The zero-order valence-corrected chi connectivity index (χ0v) is 10.7. The van der Waals surface area contributed by atoms with Crippen molar-refractivity contribution in [2.45, 2.75) is 32.2 Å². The maximum atomic E-state index is 5.65. The molecule has 0 aliphatic carbocycles. The molecule has 0 radical (unpaired) electrons. The molecule has 1 aromatic carbocycles. The van der Waals surface area contributed by atoms with E-state index in [-0.39, 0.29) is 0 Å². The standard InChI is InChI=1S/C14H21NO2/c1-3-9-17-13-7-6-11(10-14(13)16-2)12-5-4-8-15-12/h6-7,10,12,15H,3-5,8-9H2,1-2H3/t12-/m0/s1. The molecule has 3 nitrogen and oxygen atoms in total. The van der Waals surface area contributed by atoms with Crippen LogP contribution in [0.2, 0.25) is 0 Å². The van der Waals surface area contributed by atoms with Gasteiger partial charge in [0.15, 0.2) is 11.5 Å². The molecular weight excluding hydrogens is 214 g/mol. The second-order valence-corrected chi connectivity index (χ2v) is 4.41. The van der Waals surface area contributed by atoms with Gasteiger partial charge in [-0.2, -0.15) is 0 Å². The topological polar surface area (TPSA) is 30.5 Å². The second kappa shape index (κ2) is 5.92. The van der Waals surface area contributed by atoms with Gasteiger partial charge in [0.25, 0.3) is 0 Å². The molecule has 1 aliphatic rings. The third-order valence-electron chi connectivity index (χ3n) is 3.11. The van der Waals surface area contributed by atoms with E-state index in [4.69, 9.17) is 9.47 Å². The summed E-state index contributed by atoms with van der Waals surface area (Å²) in [4.78, 5) is 0. The Labute approximate surface area is 103 Å². The van der Waals surface area contributed by atoms with Gasteiger partial charge in [0.1, 0.15) is 0 Å². The van der Waals surface area contributed by atoms with Gasteiger partial charge in [-0.3, -0.25) is 0 Å². The van der Waals surface area contributed by atoms with Gasteiger partial charge in [0.2, 0.25) is 0 Å². The van der Waals surface area contributed by atoms with Crippen LogP contribution in [0.15, 0.2) is 18.2 Å². The maximum Gasteiger partial charge on any atom is 0.161 e. The molecule has 1 N–H and O–H groups in total. The number of methoxy groups -OCH3 is 1. The average Bonchev–Trinajstić information content (AvgIpc) is 2.90. The summed E-state index contributed by atoms with van der Waals surface area (Å²) in [5.74, 6) is 1.68. The highest BCUT2D eigenvalue weighted by Gasteiger charge is 2.17. The first-order valence-electron chi connectivity index (χ1n) is 6.39. The highest BCUT2D eigenvalue weighted by molar-refractivity contribution is 5.44. The van der Waals surface area contributed by atoms with Gasteiger partial charge in [-0.1, -0.05) is 13.0 Å². The molecule has 2 rings (SSSR count). The molecule has 0 amide bonds. The Hall–Kier alpha value is -1.22. The summed E-state index contributed by atoms with van der Waals surface area (Å²) in [5.41, 5.74) is 1.29. The predicted molar refractivity (Wildman–Crippen MR) is 68.8 cm³/mol. The molecule has 0 unspecified atom stereocenters. The van der Waals surface area contributed by atoms with E-state index in [1.807, 2.05) is 6.07 Å². The van der Waals surface area contributed by atoms with Crippen molar-refractivity contribution in [3.8, 4) is 11.5 Å². The molecular formula is C14H21NO2. The summed E-state index contributed by atoms with van der Waals surface area (Å²) < 4.78 is 11.0. The van der Waals surface area contributed by atoms with Crippen molar-refractivity contribution < 1.29 is 9.47 Å². The van der Waals surface area contributed by atoms with Gasteiger partial charge in [-0.25, -0.2) is 0 Å². The highest BCUT2D eigenvalue weighted by Crippen LogP contribution is 2.32. The summed E-state index contributed by atoms with van der Waals surface area (Å²) in [6, 6.07) is 6.72. The largest absolute Gasteiger partial charge is 0.493 e. The molecule has 17 heavy (non-hydrogen) atoms. The van der Waals surface area contributed by atoms with E-state index in [0.29, 0.717) is 6.04 Å². The third kappa shape index (κ3) is 2.91. The molecule has 1 aromatic rings. The number of rotatable bonds is 5. The van der Waals surface area contributed by atoms with Crippen molar-refractivity contribution in [2.24, 2.45) is 0 Å². The van der Waals surface area contributed by atoms with Crippen molar-refractivity contribution in [1.29, 1.82) is 0 Å². The van der Waals surface area contributed by atoms with Crippen molar-refractivity contribution in [2.75, 3.05) is 20.3 Å². The maximum absolute atomic E-state index is 5.65. The molecule has 1 heterocycles. The van der Waals surface area contributed by atoms with Gasteiger partial charge in [0.05, 0.1) is 13.7 Å². The monoisotopic (exact) mass is 235 g/mol. The quantitative estimate of drug-likeness (QED) is 0.851. The first kappa shape index (κ1) is 12.2. The van der Waals surface area contributed by atoms with Crippen LogP contribution in [0.4, 0.5) is 0 Å². The van der Waals surface area contributed by atoms with Gasteiger partial charge in [-0.15, -0.1) is 0 Å². The number of nitrogens with one attached hydrogen (secondary N) is 1. The first-order valence-corrected chi connectivity index (χ1v) is 6.39. The Morgan fingerprint density at radius 1 is 1.35 bits per heavy atom. The lowest BCUT2D eigenvalue weighted by Crippen LogP contribution is -2.12. The second-order valence-electron chi connectivity index (χ2n) is 4.41. The van der Waals surface area contributed by atoms with Crippen LogP contribution in [0, 0.1) is 0 Å². The zero-order chi connectivity index (χ0) is 12.1. The fourth-order valence-electron chi connectivity index (χ4n) is 2.20. The first-order chi connectivity index (χ1) is 8.35. The molecule has 1 fully saturated rings. The minimum atomic E-state index is 0.476. The Morgan fingerprint density at radius 2 is 2.24 bits per heavy atom. The molecule has 1 atom stereocenters. The summed E-state index contributed by atoms with van der Waals surface area (Å²) >= 11 is 0. The summed E-state index contributed by atoms with van der Waals surface area (Å²) in [6.45, 7) is 3.95. The minimum absolute atomic E-state index is 0.476. The molecule has 3 heteroatoms. The van der Waals surface area contributed by atoms with Crippen LogP contribution < -0.4 is 14.8 Å². The van der Waals surface area contributed by atoms with Crippen molar-refractivity contribution in [3.63, 3.8) is 0 Å². The van der Waals surface area contributed by atoms with E-state index in [1.54, 1.807) is 7.11 Å². The third-order valence-corrected chi connectivity index (χ3v) is 3.11. The van der Waals surface area contributed by atoms with Crippen LogP contribution in [0.3, 0.4) is 0 Å². The normalized spacial score (nSPS) is 19.3. The van der Waals surface area contributed by atoms with Crippen molar-refractivity contribution in [3.05, 3.63) is 23.8 Å². The van der Waals surface area contributed by atoms with E-state index in [0.717, 1.165) is 31.1 Å². The average molecular weight is 235 g/mol. The molecule has 94 valence electrons. The molecule has 0 spiro atoms. The van der Waals surface area contributed by atoms with E-state index in [2.05, 4.69) is 24.4 Å². The van der Waals surface area contributed by atoms with E-state index in [1.165, 1.54) is 18.4 Å². The van der Waals surface area contributed by atoms with Crippen LogP contribution >= 0.6 is 0 Å². The Kier molecular flexibility index (Phi) is 4.26. The van der Waals surface area contributed by atoms with E-state index < -0.39 is 0 Å².